The molecule has 0 bridgehead atoms. The van der Waals surface area contributed by atoms with Crippen LogP contribution < -0.4 is 10.9 Å². The number of carbonyl (C=O) groups excluding carboxylic acids is 1. The van der Waals surface area contributed by atoms with Gasteiger partial charge >= 0.3 is 0 Å². The van der Waals surface area contributed by atoms with Crippen molar-refractivity contribution in [2.75, 3.05) is 0 Å². The number of phenols is 1. The third-order valence-corrected chi connectivity index (χ3v) is 4.12. The summed E-state index contributed by atoms with van der Waals surface area (Å²) in [5, 5.41) is 23.5. The second-order valence-electron chi connectivity index (χ2n) is 6.00. The highest BCUT2D eigenvalue weighted by molar-refractivity contribution is 5.81. The second-order valence-corrected chi connectivity index (χ2v) is 6.00. The van der Waals surface area contributed by atoms with E-state index in [9.17, 15) is 24.8 Å². The number of carbonyl (C=O) groups is 1. The number of phenolic OH excluding ortho intramolecular Hbond substituents is 1. The van der Waals surface area contributed by atoms with E-state index in [0.29, 0.717) is 10.9 Å². The van der Waals surface area contributed by atoms with Gasteiger partial charge in [0, 0.05) is 24.2 Å². The van der Waals surface area contributed by atoms with Crippen LogP contribution in [0.1, 0.15) is 11.1 Å². The summed E-state index contributed by atoms with van der Waals surface area (Å²) in [5.41, 5.74) is 1.12. The van der Waals surface area contributed by atoms with Gasteiger partial charge in [-0.25, -0.2) is 4.98 Å². The molecule has 0 saturated carbocycles. The molecule has 0 unspecified atom stereocenters. The van der Waals surface area contributed by atoms with Crippen molar-refractivity contribution in [2.45, 2.75) is 20.0 Å². The molecule has 0 fully saturated rings. The molecule has 1 aromatic heterocycles. The number of aromatic hydroxyl groups is 1. The van der Waals surface area contributed by atoms with Gasteiger partial charge in [-0.1, -0.05) is 12.1 Å². The Labute approximate surface area is 153 Å². The van der Waals surface area contributed by atoms with Gasteiger partial charge in [-0.2, -0.15) is 0 Å². The second kappa shape index (κ2) is 7.24. The van der Waals surface area contributed by atoms with Crippen molar-refractivity contribution >= 4 is 22.5 Å². The van der Waals surface area contributed by atoms with Gasteiger partial charge in [0.05, 0.1) is 22.2 Å². The van der Waals surface area contributed by atoms with Gasteiger partial charge in [0.15, 0.2) is 0 Å². The third kappa shape index (κ3) is 3.76. The van der Waals surface area contributed by atoms with Crippen LogP contribution in [0.25, 0.3) is 10.9 Å². The Morgan fingerprint density at radius 3 is 2.85 bits per heavy atom. The molecule has 0 aliphatic carbocycles. The highest BCUT2D eigenvalue weighted by Gasteiger charge is 2.13. The van der Waals surface area contributed by atoms with Gasteiger partial charge < -0.3 is 10.4 Å². The van der Waals surface area contributed by atoms with E-state index in [1.54, 1.807) is 12.1 Å². The van der Waals surface area contributed by atoms with E-state index in [4.69, 9.17) is 0 Å². The number of hydrogen-bond acceptors (Lipinski definition) is 6. The Morgan fingerprint density at radius 1 is 1.33 bits per heavy atom. The van der Waals surface area contributed by atoms with Crippen LogP contribution in [0.3, 0.4) is 0 Å². The van der Waals surface area contributed by atoms with Gasteiger partial charge in [0.1, 0.15) is 12.3 Å². The Bertz CT molecular complexity index is 1110. The number of nitrogens with one attached hydrogen (secondary N) is 1. The van der Waals surface area contributed by atoms with E-state index in [0.717, 1.165) is 5.56 Å². The number of amides is 1. The Hall–Kier alpha value is -3.75. The predicted molar refractivity (Wildman–Crippen MR) is 97.3 cm³/mol. The zero-order chi connectivity index (χ0) is 19.6. The van der Waals surface area contributed by atoms with Gasteiger partial charge in [0.2, 0.25) is 5.91 Å². The highest BCUT2D eigenvalue weighted by atomic mass is 16.6. The number of nitro groups is 1. The fraction of sp³-hybridized carbons (Fsp3) is 0.167. The zero-order valence-corrected chi connectivity index (χ0v) is 14.4. The van der Waals surface area contributed by atoms with Crippen molar-refractivity contribution in [3.05, 3.63) is 74.3 Å². The summed E-state index contributed by atoms with van der Waals surface area (Å²) in [5.74, 6) is -0.655. The van der Waals surface area contributed by atoms with E-state index in [1.807, 2.05) is 13.0 Å². The molecule has 9 nitrogen and oxygen atoms in total. The topological polar surface area (TPSA) is 127 Å². The lowest BCUT2D eigenvalue weighted by Gasteiger charge is -2.09. The molecule has 2 N–H and O–H groups in total. The summed E-state index contributed by atoms with van der Waals surface area (Å²) in [4.78, 5) is 39.1. The summed E-state index contributed by atoms with van der Waals surface area (Å²) in [6.45, 7) is 1.48. The Morgan fingerprint density at radius 2 is 2.11 bits per heavy atom. The fourth-order valence-electron chi connectivity index (χ4n) is 2.68. The monoisotopic (exact) mass is 368 g/mol. The minimum absolute atomic E-state index is 0.110. The number of rotatable bonds is 5. The minimum atomic E-state index is -0.590. The molecule has 0 saturated heterocycles. The molecule has 0 spiro atoms. The van der Waals surface area contributed by atoms with Crippen molar-refractivity contribution < 1.29 is 14.8 Å². The molecule has 3 rings (SSSR count). The largest absolute Gasteiger partial charge is 0.508 e. The molecule has 3 aromatic rings. The molecule has 0 aliphatic rings. The van der Waals surface area contributed by atoms with Crippen LogP contribution in [-0.4, -0.2) is 25.5 Å². The molecule has 0 atom stereocenters. The van der Waals surface area contributed by atoms with Gasteiger partial charge in [-0.05, 0) is 24.6 Å². The van der Waals surface area contributed by atoms with Crippen LogP contribution >= 0.6 is 0 Å². The number of hydrogen-bond donors (Lipinski definition) is 2. The average molecular weight is 368 g/mol. The SMILES string of the molecule is Cc1cccc2c(=O)n(CC(=O)NCc3cc([N+](=O)[O-])ccc3O)cnc12. The maximum Gasteiger partial charge on any atom is 0.270 e. The smallest absolute Gasteiger partial charge is 0.270 e. The molecule has 1 heterocycles. The molecular formula is C18H16N4O5. The van der Waals surface area contributed by atoms with Crippen LogP contribution in [0, 0.1) is 17.0 Å². The molecule has 2 aromatic carbocycles. The molecule has 27 heavy (non-hydrogen) atoms. The number of benzene rings is 2. The van der Waals surface area contributed by atoms with E-state index in [1.165, 1.54) is 29.1 Å². The van der Waals surface area contributed by atoms with Gasteiger partial charge in [0.25, 0.3) is 11.2 Å². The van der Waals surface area contributed by atoms with Crippen molar-refractivity contribution in [1.82, 2.24) is 14.9 Å². The first-order valence-electron chi connectivity index (χ1n) is 8.04. The summed E-state index contributed by atoms with van der Waals surface area (Å²) in [6, 6.07) is 8.78. The maximum atomic E-state index is 12.5. The number of nitro benzene ring substituents is 1. The number of para-hydroxylation sites is 1. The number of aromatic nitrogens is 2. The zero-order valence-electron chi connectivity index (χ0n) is 14.4. The molecule has 0 radical (unpaired) electrons. The van der Waals surface area contributed by atoms with E-state index in [-0.39, 0.29) is 35.6 Å². The Balaban J connectivity index is 1.75. The van der Waals surface area contributed by atoms with Crippen molar-refractivity contribution in [2.24, 2.45) is 0 Å². The average Bonchev–Trinajstić information content (AvgIpc) is 2.63. The fourth-order valence-corrected chi connectivity index (χ4v) is 2.68. The lowest BCUT2D eigenvalue weighted by Crippen LogP contribution is -2.32. The van der Waals surface area contributed by atoms with E-state index < -0.39 is 10.8 Å². The van der Waals surface area contributed by atoms with Crippen LogP contribution in [-0.2, 0) is 17.9 Å². The highest BCUT2D eigenvalue weighted by Crippen LogP contribution is 2.22. The first-order chi connectivity index (χ1) is 12.9. The summed E-state index contributed by atoms with van der Waals surface area (Å²) < 4.78 is 1.18. The lowest BCUT2D eigenvalue weighted by molar-refractivity contribution is -0.384. The normalized spacial score (nSPS) is 10.7. The van der Waals surface area contributed by atoms with Gasteiger partial charge in [-0.3, -0.25) is 24.3 Å². The van der Waals surface area contributed by atoms with Crippen LogP contribution in [0.4, 0.5) is 5.69 Å². The first-order valence-corrected chi connectivity index (χ1v) is 8.04. The maximum absolute atomic E-state index is 12.5. The Kier molecular flexibility index (Phi) is 4.84. The number of aryl methyl sites for hydroxylation is 1. The molecular weight excluding hydrogens is 352 g/mol. The number of non-ortho nitro benzene ring substituents is 1. The van der Waals surface area contributed by atoms with Crippen molar-refractivity contribution in [3.8, 4) is 5.75 Å². The number of nitrogens with zero attached hydrogens (tertiary/aromatic N) is 3. The standard InChI is InChI=1S/C18H16N4O5/c1-11-3-2-4-14-17(11)20-10-21(18(14)25)9-16(24)19-8-12-7-13(22(26)27)5-6-15(12)23/h2-7,10,23H,8-9H2,1H3,(H,19,24). The molecule has 138 valence electrons. The number of fused-ring (bicyclic) bond motifs is 1. The van der Waals surface area contributed by atoms with Crippen LogP contribution in [0.15, 0.2) is 47.5 Å². The molecule has 9 heteroatoms. The summed E-state index contributed by atoms with van der Waals surface area (Å²) in [6.07, 6.45) is 1.31. The van der Waals surface area contributed by atoms with E-state index >= 15 is 0 Å². The summed E-state index contributed by atoms with van der Waals surface area (Å²) in [7, 11) is 0. The summed E-state index contributed by atoms with van der Waals surface area (Å²) >= 11 is 0. The molecule has 0 aliphatic heterocycles. The third-order valence-electron chi connectivity index (χ3n) is 4.12. The van der Waals surface area contributed by atoms with Crippen molar-refractivity contribution in [1.29, 1.82) is 0 Å². The van der Waals surface area contributed by atoms with Crippen LogP contribution in [0.5, 0.6) is 5.75 Å². The van der Waals surface area contributed by atoms with Crippen LogP contribution in [0.2, 0.25) is 0 Å². The predicted octanol–water partition coefficient (Wildman–Crippen LogP) is 1.64. The first kappa shape index (κ1) is 18.1. The van der Waals surface area contributed by atoms with Gasteiger partial charge in [-0.15, -0.1) is 0 Å². The molecule has 1 amide bonds. The lowest BCUT2D eigenvalue weighted by atomic mass is 10.1. The van der Waals surface area contributed by atoms with Crippen molar-refractivity contribution in [3.63, 3.8) is 0 Å². The van der Waals surface area contributed by atoms with E-state index in [2.05, 4.69) is 10.3 Å². The quantitative estimate of drug-likeness (QED) is 0.520. The minimum Gasteiger partial charge on any atom is -0.508 e.